The molecule has 0 radical (unpaired) electrons. The highest BCUT2D eigenvalue weighted by atomic mass is 19.4. The average Bonchev–Trinajstić information content (AvgIpc) is 2.70. The van der Waals surface area contributed by atoms with Gasteiger partial charge in [-0.05, 0) is 36.4 Å². The Balaban J connectivity index is 1.72. The standard InChI is InChI=1S/C20H16F3N3O4/c1-29-14-8-6-13(7-9-14)16-10-19(28)26(12-24-16)11-18(27)25-15-4-2-3-5-17(15)30-20(21,22)23/h2-10,12H,11H2,1H3,(H,25,27). The van der Waals surface area contributed by atoms with Crippen LogP contribution in [0, 0.1) is 0 Å². The molecular formula is C20H16F3N3O4. The van der Waals surface area contributed by atoms with E-state index in [1.54, 1.807) is 24.3 Å². The Morgan fingerprint density at radius 1 is 1.13 bits per heavy atom. The van der Waals surface area contributed by atoms with Crippen molar-refractivity contribution in [2.45, 2.75) is 12.9 Å². The van der Waals surface area contributed by atoms with Gasteiger partial charge in [-0.2, -0.15) is 0 Å². The molecule has 0 spiro atoms. The number of anilines is 1. The van der Waals surface area contributed by atoms with Crippen LogP contribution in [0.5, 0.6) is 11.5 Å². The number of amides is 1. The van der Waals surface area contributed by atoms with Crippen LogP contribution in [0.3, 0.4) is 0 Å². The third kappa shape index (κ3) is 5.37. The summed E-state index contributed by atoms with van der Waals surface area (Å²) in [6.07, 6.45) is -3.71. The minimum absolute atomic E-state index is 0.171. The van der Waals surface area contributed by atoms with E-state index in [1.807, 2.05) is 0 Å². The van der Waals surface area contributed by atoms with Crippen molar-refractivity contribution in [2.24, 2.45) is 0 Å². The molecule has 0 saturated carbocycles. The van der Waals surface area contributed by atoms with Crippen molar-refractivity contribution in [3.63, 3.8) is 0 Å². The maximum atomic E-state index is 12.5. The van der Waals surface area contributed by atoms with E-state index in [0.717, 1.165) is 10.6 Å². The van der Waals surface area contributed by atoms with E-state index in [1.165, 1.54) is 37.7 Å². The predicted molar refractivity (Wildman–Crippen MR) is 102 cm³/mol. The Morgan fingerprint density at radius 2 is 1.83 bits per heavy atom. The zero-order valence-corrected chi connectivity index (χ0v) is 15.6. The highest BCUT2D eigenvalue weighted by molar-refractivity contribution is 5.92. The molecule has 1 aromatic heterocycles. The van der Waals surface area contributed by atoms with Gasteiger partial charge in [0.2, 0.25) is 5.91 Å². The number of hydrogen-bond donors (Lipinski definition) is 1. The van der Waals surface area contributed by atoms with Crippen LogP contribution >= 0.6 is 0 Å². The van der Waals surface area contributed by atoms with Gasteiger partial charge in [0.15, 0.2) is 5.75 Å². The van der Waals surface area contributed by atoms with Gasteiger partial charge in [0, 0.05) is 11.6 Å². The lowest BCUT2D eigenvalue weighted by Gasteiger charge is -2.14. The number of para-hydroxylation sites is 2. The zero-order valence-electron chi connectivity index (χ0n) is 15.6. The highest BCUT2D eigenvalue weighted by Crippen LogP contribution is 2.29. The van der Waals surface area contributed by atoms with Crippen LogP contribution in [0.15, 0.2) is 65.7 Å². The molecule has 30 heavy (non-hydrogen) atoms. The van der Waals surface area contributed by atoms with Crippen LogP contribution in [-0.4, -0.2) is 28.9 Å². The summed E-state index contributed by atoms with van der Waals surface area (Å²) in [6, 6.07) is 13.3. The molecule has 1 heterocycles. The molecule has 0 saturated heterocycles. The molecule has 0 aliphatic carbocycles. The number of alkyl halides is 3. The lowest BCUT2D eigenvalue weighted by molar-refractivity contribution is -0.274. The highest BCUT2D eigenvalue weighted by Gasteiger charge is 2.32. The molecule has 3 rings (SSSR count). The second kappa shape index (κ2) is 8.68. The normalized spacial score (nSPS) is 11.1. The number of aromatic nitrogens is 2. The van der Waals surface area contributed by atoms with Gasteiger partial charge in [-0.25, -0.2) is 4.98 Å². The Labute approximate surface area is 168 Å². The van der Waals surface area contributed by atoms with Gasteiger partial charge in [-0.3, -0.25) is 14.2 Å². The van der Waals surface area contributed by atoms with Crippen molar-refractivity contribution in [3.05, 3.63) is 71.3 Å². The number of rotatable bonds is 6. The molecule has 10 heteroatoms. The molecular weight excluding hydrogens is 403 g/mol. The van der Waals surface area contributed by atoms with E-state index in [-0.39, 0.29) is 5.69 Å². The number of methoxy groups -OCH3 is 1. The lowest BCUT2D eigenvalue weighted by atomic mass is 10.1. The summed E-state index contributed by atoms with van der Waals surface area (Å²) in [5.41, 5.74) is 0.424. The third-order valence-corrected chi connectivity index (χ3v) is 3.97. The maximum absolute atomic E-state index is 12.5. The molecule has 7 nitrogen and oxygen atoms in total. The van der Waals surface area contributed by atoms with Crippen molar-refractivity contribution in [3.8, 4) is 22.8 Å². The van der Waals surface area contributed by atoms with E-state index >= 15 is 0 Å². The topological polar surface area (TPSA) is 82.5 Å². The summed E-state index contributed by atoms with van der Waals surface area (Å²) >= 11 is 0. The van der Waals surface area contributed by atoms with Crippen molar-refractivity contribution < 1.29 is 27.4 Å². The van der Waals surface area contributed by atoms with Crippen LogP contribution < -0.4 is 20.3 Å². The van der Waals surface area contributed by atoms with E-state index in [0.29, 0.717) is 17.0 Å². The molecule has 1 N–H and O–H groups in total. The molecule has 1 amide bonds. The minimum Gasteiger partial charge on any atom is -0.497 e. The molecule has 0 atom stereocenters. The van der Waals surface area contributed by atoms with Gasteiger partial charge in [-0.1, -0.05) is 12.1 Å². The predicted octanol–water partition coefficient (Wildman–Crippen LogP) is 3.46. The fraction of sp³-hybridized carbons (Fsp3) is 0.150. The van der Waals surface area contributed by atoms with Gasteiger partial charge in [0.05, 0.1) is 24.8 Å². The van der Waals surface area contributed by atoms with Crippen molar-refractivity contribution in [1.29, 1.82) is 0 Å². The van der Waals surface area contributed by atoms with Gasteiger partial charge >= 0.3 is 6.36 Å². The fourth-order valence-corrected chi connectivity index (χ4v) is 2.59. The SMILES string of the molecule is COc1ccc(-c2cc(=O)n(CC(=O)Nc3ccccc3OC(F)(F)F)cn2)cc1. The van der Waals surface area contributed by atoms with Crippen LogP contribution in [0.1, 0.15) is 0 Å². The van der Waals surface area contributed by atoms with Gasteiger partial charge < -0.3 is 14.8 Å². The van der Waals surface area contributed by atoms with Crippen LogP contribution in [-0.2, 0) is 11.3 Å². The molecule has 0 bridgehead atoms. The first-order valence-corrected chi connectivity index (χ1v) is 8.61. The summed E-state index contributed by atoms with van der Waals surface area (Å²) < 4.78 is 47.4. The Kier molecular flexibility index (Phi) is 6.05. The summed E-state index contributed by atoms with van der Waals surface area (Å²) in [5, 5.41) is 2.30. The Bertz CT molecular complexity index is 1100. The largest absolute Gasteiger partial charge is 0.573 e. The number of nitrogens with zero attached hydrogens (tertiary/aromatic N) is 2. The molecule has 0 fully saturated rings. The number of halogens is 3. The van der Waals surface area contributed by atoms with Crippen molar-refractivity contribution >= 4 is 11.6 Å². The van der Waals surface area contributed by atoms with E-state index < -0.39 is 30.1 Å². The number of carbonyl (C=O) groups is 1. The van der Waals surface area contributed by atoms with Gasteiger partial charge in [0.25, 0.3) is 5.56 Å². The first-order chi connectivity index (χ1) is 14.2. The maximum Gasteiger partial charge on any atom is 0.573 e. The summed E-state index contributed by atoms with van der Waals surface area (Å²) in [7, 11) is 1.53. The molecule has 156 valence electrons. The smallest absolute Gasteiger partial charge is 0.497 e. The molecule has 0 aliphatic rings. The average molecular weight is 419 g/mol. The minimum atomic E-state index is -4.90. The fourth-order valence-electron chi connectivity index (χ4n) is 2.59. The lowest BCUT2D eigenvalue weighted by Crippen LogP contribution is -2.28. The number of carbonyl (C=O) groups excluding carboxylic acids is 1. The van der Waals surface area contributed by atoms with Crippen molar-refractivity contribution in [2.75, 3.05) is 12.4 Å². The van der Waals surface area contributed by atoms with Gasteiger partial charge in [0.1, 0.15) is 12.3 Å². The zero-order chi connectivity index (χ0) is 21.7. The van der Waals surface area contributed by atoms with Crippen LogP contribution in [0.2, 0.25) is 0 Å². The van der Waals surface area contributed by atoms with E-state index in [2.05, 4.69) is 15.0 Å². The molecule has 2 aromatic carbocycles. The Morgan fingerprint density at radius 3 is 2.47 bits per heavy atom. The summed E-state index contributed by atoms with van der Waals surface area (Å²) in [4.78, 5) is 28.7. The second-order valence-electron chi connectivity index (χ2n) is 6.06. The van der Waals surface area contributed by atoms with Gasteiger partial charge in [-0.15, -0.1) is 13.2 Å². The summed E-state index contributed by atoms with van der Waals surface area (Å²) in [5.74, 6) is -0.619. The molecule has 0 aliphatic heterocycles. The number of hydrogen-bond acceptors (Lipinski definition) is 5. The molecule has 3 aromatic rings. The number of ether oxygens (including phenoxy) is 2. The van der Waals surface area contributed by atoms with E-state index in [4.69, 9.17) is 4.74 Å². The van der Waals surface area contributed by atoms with Crippen molar-refractivity contribution in [1.82, 2.24) is 9.55 Å². The third-order valence-electron chi connectivity index (χ3n) is 3.97. The second-order valence-corrected chi connectivity index (χ2v) is 6.06. The first kappa shape index (κ1) is 20.9. The quantitative estimate of drug-likeness (QED) is 0.662. The monoisotopic (exact) mass is 419 g/mol. The Hall–Kier alpha value is -3.82. The number of nitrogens with one attached hydrogen (secondary N) is 1. The van der Waals surface area contributed by atoms with E-state index in [9.17, 15) is 22.8 Å². The van der Waals surface area contributed by atoms with Crippen LogP contribution in [0.25, 0.3) is 11.3 Å². The first-order valence-electron chi connectivity index (χ1n) is 8.61. The number of benzene rings is 2. The van der Waals surface area contributed by atoms with Crippen LogP contribution in [0.4, 0.5) is 18.9 Å². The molecule has 0 unspecified atom stereocenters. The summed E-state index contributed by atoms with van der Waals surface area (Å²) in [6.45, 7) is -0.435.